The molecule has 1 aromatic heterocycles. The van der Waals surface area contributed by atoms with Crippen molar-refractivity contribution in [1.82, 2.24) is 9.88 Å². The molecular formula is C10H10F6N2O2. The minimum absolute atomic E-state index is 0.499. The van der Waals surface area contributed by atoms with Gasteiger partial charge in [-0.1, -0.05) is 0 Å². The van der Waals surface area contributed by atoms with Gasteiger partial charge in [0.2, 0.25) is 5.91 Å². The highest BCUT2D eigenvalue weighted by molar-refractivity contribution is 5.75. The Morgan fingerprint density at radius 1 is 1.30 bits per heavy atom. The molecule has 1 atom stereocenters. The van der Waals surface area contributed by atoms with Crippen LogP contribution >= 0.6 is 0 Å². The molecule has 1 heterocycles. The van der Waals surface area contributed by atoms with Crippen LogP contribution in [-0.4, -0.2) is 34.5 Å². The molecule has 1 aromatic rings. The summed E-state index contributed by atoms with van der Waals surface area (Å²) in [7, 11) is 0. The van der Waals surface area contributed by atoms with Crippen molar-refractivity contribution in [2.45, 2.75) is 25.0 Å². The summed E-state index contributed by atoms with van der Waals surface area (Å²) >= 11 is 0. The predicted octanol–water partition coefficient (Wildman–Crippen LogP) is 1.76. The molecule has 0 saturated heterocycles. The predicted molar refractivity (Wildman–Crippen MR) is 54.5 cm³/mol. The average Bonchev–Trinajstić information content (AvgIpc) is 2.71. The number of alkyl halides is 6. The number of amides is 1. The van der Waals surface area contributed by atoms with E-state index in [9.17, 15) is 31.1 Å². The van der Waals surface area contributed by atoms with Crippen molar-refractivity contribution in [3.05, 3.63) is 24.0 Å². The summed E-state index contributed by atoms with van der Waals surface area (Å²) in [5.74, 6) is -1.01. The first-order valence-electron chi connectivity index (χ1n) is 5.23. The number of hydrogen-bond acceptors (Lipinski definition) is 2. The fourth-order valence-corrected chi connectivity index (χ4v) is 1.33. The van der Waals surface area contributed by atoms with Crippen molar-refractivity contribution in [3.63, 3.8) is 0 Å². The number of aliphatic hydroxyl groups is 1. The molecule has 0 fully saturated rings. The zero-order valence-corrected chi connectivity index (χ0v) is 9.79. The van der Waals surface area contributed by atoms with Crippen LogP contribution in [0.1, 0.15) is 11.7 Å². The van der Waals surface area contributed by atoms with Crippen molar-refractivity contribution < 1.29 is 36.2 Å². The smallest absolute Gasteiger partial charge is 0.379 e. The topological polar surface area (TPSA) is 54.3 Å². The summed E-state index contributed by atoms with van der Waals surface area (Å²) < 4.78 is 73.0. The first-order valence-corrected chi connectivity index (χ1v) is 5.23. The number of halogens is 6. The SMILES string of the molecule is O=C(Cn1ccc(C(O)C(F)(F)F)c1)NCC(F)(F)F. The minimum atomic E-state index is -4.86. The van der Waals surface area contributed by atoms with E-state index in [2.05, 4.69) is 0 Å². The van der Waals surface area contributed by atoms with E-state index in [1.54, 1.807) is 5.32 Å². The van der Waals surface area contributed by atoms with Gasteiger partial charge in [-0.3, -0.25) is 4.79 Å². The summed E-state index contributed by atoms with van der Waals surface area (Å²) in [6.45, 7) is -2.11. The molecule has 0 spiro atoms. The van der Waals surface area contributed by atoms with Gasteiger partial charge >= 0.3 is 12.4 Å². The summed E-state index contributed by atoms with van der Waals surface area (Å²) in [6, 6.07) is 0.926. The minimum Gasteiger partial charge on any atom is -0.379 e. The van der Waals surface area contributed by atoms with Gasteiger partial charge in [-0.15, -0.1) is 0 Å². The highest BCUT2D eigenvalue weighted by Gasteiger charge is 2.39. The van der Waals surface area contributed by atoms with Crippen LogP contribution in [-0.2, 0) is 11.3 Å². The third kappa shape index (κ3) is 5.11. The number of aliphatic hydroxyl groups excluding tert-OH is 1. The van der Waals surface area contributed by atoms with Crippen LogP contribution in [0.2, 0.25) is 0 Å². The molecule has 1 rings (SSSR count). The van der Waals surface area contributed by atoms with Crippen LogP contribution in [0.4, 0.5) is 26.3 Å². The maximum Gasteiger partial charge on any atom is 0.418 e. The molecule has 114 valence electrons. The van der Waals surface area contributed by atoms with E-state index in [1.807, 2.05) is 0 Å². The van der Waals surface area contributed by atoms with E-state index >= 15 is 0 Å². The number of rotatable bonds is 4. The van der Waals surface area contributed by atoms with Gasteiger partial charge in [0.1, 0.15) is 13.1 Å². The number of nitrogens with zero attached hydrogens (tertiary/aromatic N) is 1. The standard InChI is InChI=1S/C10H10F6N2O2/c11-9(12,13)5-17-7(19)4-18-2-1-6(3-18)8(20)10(14,15)16/h1-3,8,20H,4-5H2,(H,17,19). The van der Waals surface area contributed by atoms with Crippen molar-refractivity contribution in [1.29, 1.82) is 0 Å². The van der Waals surface area contributed by atoms with Gasteiger partial charge < -0.3 is 15.0 Å². The fraction of sp³-hybridized carbons (Fsp3) is 0.500. The lowest BCUT2D eigenvalue weighted by Gasteiger charge is -2.12. The average molecular weight is 304 g/mol. The van der Waals surface area contributed by atoms with E-state index in [-0.39, 0.29) is 0 Å². The highest BCUT2D eigenvalue weighted by Crippen LogP contribution is 2.32. The Hall–Kier alpha value is -1.71. The third-order valence-corrected chi connectivity index (χ3v) is 2.21. The van der Waals surface area contributed by atoms with Crippen molar-refractivity contribution in [2.75, 3.05) is 6.54 Å². The van der Waals surface area contributed by atoms with Crippen molar-refractivity contribution in [2.24, 2.45) is 0 Å². The Bertz CT molecular complexity index is 465. The van der Waals surface area contributed by atoms with Gasteiger partial charge in [0, 0.05) is 18.0 Å². The molecule has 1 unspecified atom stereocenters. The molecule has 1 amide bonds. The van der Waals surface area contributed by atoms with Gasteiger partial charge in [0.15, 0.2) is 6.10 Å². The van der Waals surface area contributed by atoms with Gasteiger partial charge in [-0.25, -0.2) is 0 Å². The molecule has 10 heteroatoms. The summed E-state index contributed by atoms with van der Waals surface area (Å²) in [5, 5.41) is 10.5. The fourth-order valence-electron chi connectivity index (χ4n) is 1.33. The highest BCUT2D eigenvalue weighted by atomic mass is 19.4. The number of aromatic nitrogens is 1. The second-order valence-corrected chi connectivity index (χ2v) is 3.95. The molecule has 20 heavy (non-hydrogen) atoms. The molecule has 0 saturated carbocycles. The Balaban J connectivity index is 2.58. The molecule has 0 aliphatic carbocycles. The van der Waals surface area contributed by atoms with Crippen molar-refractivity contribution in [3.8, 4) is 0 Å². The van der Waals surface area contributed by atoms with Crippen LogP contribution in [0.25, 0.3) is 0 Å². The van der Waals surface area contributed by atoms with Gasteiger partial charge in [-0.2, -0.15) is 26.3 Å². The molecule has 2 N–H and O–H groups in total. The van der Waals surface area contributed by atoms with Crippen LogP contribution < -0.4 is 5.32 Å². The molecular weight excluding hydrogens is 294 g/mol. The number of carbonyl (C=O) groups excluding carboxylic acids is 1. The van der Waals surface area contributed by atoms with Crippen molar-refractivity contribution >= 4 is 5.91 Å². The zero-order valence-electron chi connectivity index (χ0n) is 9.79. The van der Waals surface area contributed by atoms with Crippen LogP contribution in [0.5, 0.6) is 0 Å². The Morgan fingerprint density at radius 2 is 1.90 bits per heavy atom. The van der Waals surface area contributed by atoms with E-state index in [4.69, 9.17) is 5.11 Å². The summed E-state index contributed by atoms with van der Waals surface area (Å²) in [5.41, 5.74) is -0.499. The molecule has 0 bridgehead atoms. The second-order valence-electron chi connectivity index (χ2n) is 3.95. The van der Waals surface area contributed by atoms with Gasteiger partial charge in [0.05, 0.1) is 0 Å². The lowest BCUT2D eigenvalue weighted by molar-refractivity contribution is -0.206. The van der Waals surface area contributed by atoms with E-state index in [1.165, 1.54) is 0 Å². The van der Waals surface area contributed by atoms with E-state index < -0.39 is 43.0 Å². The molecule has 0 aromatic carbocycles. The summed E-state index contributed by atoms with van der Waals surface area (Å²) in [6.07, 6.45) is -10.2. The second kappa shape index (κ2) is 5.73. The molecule has 0 aliphatic heterocycles. The Morgan fingerprint density at radius 3 is 2.40 bits per heavy atom. The quantitative estimate of drug-likeness (QED) is 0.833. The lowest BCUT2D eigenvalue weighted by Crippen LogP contribution is -2.35. The lowest BCUT2D eigenvalue weighted by atomic mass is 10.2. The third-order valence-electron chi connectivity index (χ3n) is 2.21. The first-order chi connectivity index (χ1) is 8.99. The maximum atomic E-state index is 12.2. The maximum absolute atomic E-state index is 12.2. The Labute approximate surface area is 109 Å². The Kier molecular flexibility index (Phi) is 4.69. The largest absolute Gasteiger partial charge is 0.418 e. The molecule has 4 nitrogen and oxygen atoms in total. The zero-order chi connectivity index (χ0) is 15.6. The first kappa shape index (κ1) is 16.3. The van der Waals surface area contributed by atoms with Gasteiger partial charge in [-0.05, 0) is 6.07 Å². The molecule has 0 aliphatic rings. The van der Waals surface area contributed by atoms with Gasteiger partial charge in [0.25, 0.3) is 0 Å². The number of carbonyl (C=O) groups is 1. The van der Waals surface area contributed by atoms with Crippen LogP contribution in [0, 0.1) is 0 Å². The monoisotopic (exact) mass is 304 g/mol. The number of nitrogens with one attached hydrogen (secondary N) is 1. The van der Waals surface area contributed by atoms with Crippen LogP contribution in [0.15, 0.2) is 18.5 Å². The molecule has 0 radical (unpaired) electrons. The normalized spacial score (nSPS) is 14.2. The summed E-state index contributed by atoms with van der Waals surface area (Å²) in [4.78, 5) is 11.1. The van der Waals surface area contributed by atoms with E-state index in [0.29, 0.717) is 0 Å². The number of hydrogen-bond donors (Lipinski definition) is 2. The van der Waals surface area contributed by atoms with E-state index in [0.717, 1.165) is 23.0 Å². The van der Waals surface area contributed by atoms with Crippen LogP contribution in [0.3, 0.4) is 0 Å².